The Bertz CT molecular complexity index is 974. The molecule has 0 aliphatic heterocycles. The molecule has 2 nitrogen and oxygen atoms in total. The average Bonchev–Trinajstić information content (AvgIpc) is 3.00. The third-order valence-corrected chi connectivity index (χ3v) is 14.2. The van der Waals surface area contributed by atoms with Crippen LogP contribution in [-0.2, 0) is 9.78 Å². The van der Waals surface area contributed by atoms with Gasteiger partial charge in [-0.15, -0.1) is 26.3 Å². The minimum atomic E-state index is -0.443. The molecule has 0 fully saturated rings. The quantitative estimate of drug-likeness (QED) is 0.0400. The van der Waals surface area contributed by atoms with Crippen molar-refractivity contribution in [3.63, 3.8) is 0 Å². The highest BCUT2D eigenvalue weighted by Gasteiger charge is 2.58. The first-order chi connectivity index (χ1) is 24.4. The van der Waals surface area contributed by atoms with E-state index in [9.17, 15) is 0 Å². The lowest BCUT2D eigenvalue weighted by molar-refractivity contribution is -0.477. The van der Waals surface area contributed by atoms with E-state index >= 15 is 0 Å². The maximum atomic E-state index is 7.17. The molecule has 54 heavy (non-hydrogen) atoms. The maximum Gasteiger partial charge on any atom is 0.113 e. The smallest absolute Gasteiger partial charge is 0.113 e. The van der Waals surface area contributed by atoms with E-state index in [2.05, 4.69) is 175 Å². The van der Waals surface area contributed by atoms with Crippen LogP contribution in [0.2, 0.25) is 0 Å². The number of hydrogen-bond acceptors (Lipinski definition) is 2. The molecule has 0 aliphatic carbocycles. The minimum Gasteiger partial charge on any atom is -0.228 e. The predicted octanol–water partition coefficient (Wildman–Crippen LogP) is 17.6. The molecule has 318 valence electrons. The first kappa shape index (κ1) is 52.9. The molecule has 0 aromatic carbocycles. The summed E-state index contributed by atoms with van der Waals surface area (Å²) in [4.78, 5) is 14.3. The molecular weight excluding hydrogens is 657 g/mol. The van der Waals surface area contributed by atoms with E-state index < -0.39 is 11.2 Å². The van der Waals surface area contributed by atoms with Gasteiger partial charge in [-0.25, -0.2) is 9.78 Å². The molecule has 0 saturated carbocycles. The Morgan fingerprint density at radius 1 is 0.278 bits per heavy atom. The summed E-state index contributed by atoms with van der Waals surface area (Å²) in [5.74, 6) is 0. The molecule has 0 spiro atoms. The van der Waals surface area contributed by atoms with Gasteiger partial charge in [-0.2, -0.15) is 0 Å². The molecule has 0 unspecified atom stereocenters. The third kappa shape index (κ3) is 13.2. The Morgan fingerprint density at radius 3 is 0.630 bits per heavy atom. The van der Waals surface area contributed by atoms with Gasteiger partial charge in [0.05, 0.1) is 0 Å². The van der Waals surface area contributed by atoms with Crippen molar-refractivity contribution in [2.45, 2.75) is 239 Å². The van der Waals surface area contributed by atoms with Gasteiger partial charge < -0.3 is 0 Å². The summed E-state index contributed by atoms with van der Waals surface area (Å²) < 4.78 is 0. The maximum absolute atomic E-state index is 7.17. The highest BCUT2D eigenvalue weighted by Crippen LogP contribution is 2.55. The van der Waals surface area contributed by atoms with E-state index in [4.69, 9.17) is 9.78 Å². The molecule has 0 aromatic heterocycles. The van der Waals surface area contributed by atoms with Crippen molar-refractivity contribution in [2.24, 2.45) is 43.3 Å². The highest BCUT2D eigenvalue weighted by molar-refractivity contribution is 5.13. The SMILES string of the molecule is C=CC(C=C)(CCCCCCCCC(OOC(CCCCCCCCC(C=C)(C=C)C(C)(C)C)(C(C)(C)C)C(C)(C)C)(C(C)(C)C)C(C)(C)C)C(C)(C)C. The number of unbranched alkanes of at least 4 members (excludes halogenated alkanes) is 10. The highest BCUT2D eigenvalue weighted by atomic mass is 17.2. The minimum absolute atomic E-state index is 0.00400. The van der Waals surface area contributed by atoms with Crippen molar-refractivity contribution < 1.29 is 9.78 Å². The molecule has 0 bridgehead atoms. The molecule has 0 radical (unpaired) electrons. The fourth-order valence-corrected chi connectivity index (χ4v) is 10.0. The second-order valence-electron chi connectivity index (χ2n) is 23.5. The van der Waals surface area contributed by atoms with Gasteiger partial charge in [0.15, 0.2) is 0 Å². The molecule has 0 aromatic rings. The fraction of sp³-hybridized carbons (Fsp3) is 0.846. The average molecular weight is 755 g/mol. The largest absolute Gasteiger partial charge is 0.228 e. The van der Waals surface area contributed by atoms with E-state index in [-0.39, 0.29) is 43.3 Å². The van der Waals surface area contributed by atoms with Crippen molar-refractivity contribution in [1.82, 2.24) is 0 Å². The van der Waals surface area contributed by atoms with Crippen molar-refractivity contribution in [3.8, 4) is 0 Å². The summed E-state index contributed by atoms with van der Waals surface area (Å²) in [6.07, 6.45) is 27.4. The molecule has 0 N–H and O–H groups in total. The van der Waals surface area contributed by atoms with E-state index in [0.29, 0.717) is 0 Å². The Labute approximate surface area is 341 Å². The Hall–Kier alpha value is -1.12. The topological polar surface area (TPSA) is 18.5 Å². The van der Waals surface area contributed by atoms with Crippen LogP contribution in [0.15, 0.2) is 50.6 Å². The standard InChI is InChI=1S/C52H98O2/c1-23-49(24-2,43(5,6)7)39-35-31-27-29-33-37-41-51(45(11,12)13,46(14,15)16)53-54-52(47(17,18)19,48(20,21)22)42-38-34-30-28-32-36-40-50(25-3,26-4)44(8,9)10/h23-26H,1-4,27-42H2,5-22H3. The van der Waals surface area contributed by atoms with Gasteiger partial charge in [0.25, 0.3) is 0 Å². The lowest BCUT2D eigenvalue weighted by Gasteiger charge is -2.57. The van der Waals surface area contributed by atoms with Gasteiger partial charge >= 0.3 is 0 Å². The van der Waals surface area contributed by atoms with Crippen LogP contribution in [0.5, 0.6) is 0 Å². The molecular formula is C52H98O2. The number of hydrogen-bond donors (Lipinski definition) is 0. The van der Waals surface area contributed by atoms with Crippen LogP contribution in [0.3, 0.4) is 0 Å². The fourth-order valence-electron chi connectivity index (χ4n) is 10.0. The normalized spacial score (nSPS) is 14.6. The molecule has 0 rings (SSSR count). The third-order valence-electron chi connectivity index (χ3n) is 14.2. The van der Waals surface area contributed by atoms with Gasteiger partial charge in [0, 0.05) is 10.8 Å². The second kappa shape index (κ2) is 20.5. The second-order valence-corrected chi connectivity index (χ2v) is 23.5. The van der Waals surface area contributed by atoms with Crippen LogP contribution in [0, 0.1) is 43.3 Å². The first-order valence-corrected chi connectivity index (χ1v) is 22.3. The van der Waals surface area contributed by atoms with Crippen LogP contribution in [0.25, 0.3) is 0 Å². The van der Waals surface area contributed by atoms with Crippen LogP contribution in [0.1, 0.15) is 227 Å². The van der Waals surface area contributed by atoms with Gasteiger partial charge in [0.2, 0.25) is 0 Å². The van der Waals surface area contributed by atoms with Crippen molar-refractivity contribution in [1.29, 1.82) is 0 Å². The van der Waals surface area contributed by atoms with Gasteiger partial charge in [0.1, 0.15) is 11.2 Å². The summed E-state index contributed by atoms with van der Waals surface area (Å²) in [5, 5.41) is 0. The zero-order chi connectivity index (χ0) is 42.6. The molecule has 0 saturated heterocycles. The monoisotopic (exact) mass is 755 g/mol. The Morgan fingerprint density at radius 2 is 0.463 bits per heavy atom. The first-order valence-electron chi connectivity index (χ1n) is 22.3. The van der Waals surface area contributed by atoms with Crippen molar-refractivity contribution >= 4 is 0 Å². The van der Waals surface area contributed by atoms with Crippen LogP contribution >= 0.6 is 0 Å². The molecule has 0 atom stereocenters. The summed E-state index contributed by atoms with van der Waals surface area (Å²) in [7, 11) is 0. The summed E-state index contributed by atoms with van der Waals surface area (Å²) >= 11 is 0. The Kier molecular flexibility index (Phi) is 20.1. The van der Waals surface area contributed by atoms with Gasteiger partial charge in [-0.1, -0.05) is 226 Å². The van der Waals surface area contributed by atoms with E-state index in [0.717, 1.165) is 38.5 Å². The van der Waals surface area contributed by atoms with Crippen LogP contribution < -0.4 is 0 Å². The van der Waals surface area contributed by atoms with Crippen molar-refractivity contribution in [3.05, 3.63) is 50.6 Å². The van der Waals surface area contributed by atoms with E-state index in [1.54, 1.807) is 0 Å². The molecule has 0 amide bonds. The van der Waals surface area contributed by atoms with Crippen LogP contribution in [0.4, 0.5) is 0 Å². The Balaban J connectivity index is 5.73. The van der Waals surface area contributed by atoms with Gasteiger partial charge in [-0.05, 0) is 58.2 Å². The summed E-state index contributed by atoms with van der Waals surface area (Å²) in [6, 6.07) is 0. The van der Waals surface area contributed by atoms with E-state index in [1.807, 2.05) is 0 Å². The summed E-state index contributed by atoms with van der Waals surface area (Å²) in [5.41, 5.74) is -1.07. The van der Waals surface area contributed by atoms with Gasteiger partial charge in [-0.3, -0.25) is 0 Å². The van der Waals surface area contributed by atoms with Crippen molar-refractivity contribution in [2.75, 3.05) is 0 Å². The molecule has 2 heteroatoms. The van der Waals surface area contributed by atoms with Crippen LogP contribution in [-0.4, -0.2) is 11.2 Å². The number of rotatable bonds is 25. The zero-order valence-electron chi connectivity index (χ0n) is 40.3. The predicted molar refractivity (Wildman–Crippen MR) is 244 cm³/mol. The lowest BCUT2D eigenvalue weighted by Crippen LogP contribution is -2.60. The van der Waals surface area contributed by atoms with E-state index in [1.165, 1.54) is 64.2 Å². The molecule has 0 aliphatic rings. The zero-order valence-corrected chi connectivity index (χ0v) is 40.3. The molecule has 0 heterocycles. The number of allylic oxidation sites excluding steroid dienone is 4. The summed E-state index contributed by atoms with van der Waals surface area (Å²) in [6.45, 7) is 58.8. The lowest BCUT2D eigenvalue weighted by atomic mass is 9.60.